The van der Waals surface area contributed by atoms with Gasteiger partial charge in [0.05, 0.1) is 6.61 Å². The highest BCUT2D eigenvalue weighted by molar-refractivity contribution is 5.70. The van der Waals surface area contributed by atoms with Crippen LogP contribution in [0.5, 0.6) is 0 Å². The van der Waals surface area contributed by atoms with Gasteiger partial charge in [-0.05, 0) is 109 Å². The molecule has 5 nitrogen and oxygen atoms in total. The maximum absolute atomic E-state index is 12.4. The molecule has 1 atom stereocenters. The summed E-state index contributed by atoms with van der Waals surface area (Å²) in [6.45, 7) is 4.04. The number of aliphatic hydroxyl groups is 1. The van der Waals surface area contributed by atoms with Gasteiger partial charge in [-0.15, -0.1) is 0 Å². The summed E-state index contributed by atoms with van der Waals surface area (Å²) in [4.78, 5) is 24.6. The molecule has 0 aromatic carbocycles. The van der Waals surface area contributed by atoms with Gasteiger partial charge in [-0.25, -0.2) is 0 Å². The van der Waals surface area contributed by atoms with E-state index < -0.39 is 6.10 Å². The molecule has 0 aliphatic heterocycles. The molecule has 80 heavy (non-hydrogen) atoms. The molecule has 0 amide bonds. The summed E-state index contributed by atoms with van der Waals surface area (Å²) in [5, 5.41) is 9.70. The zero-order valence-corrected chi connectivity index (χ0v) is 52.6. The van der Waals surface area contributed by atoms with Crippen LogP contribution in [0.3, 0.4) is 0 Å². The van der Waals surface area contributed by atoms with Crippen molar-refractivity contribution >= 4 is 11.9 Å². The van der Waals surface area contributed by atoms with Crippen LogP contribution in [-0.2, 0) is 19.1 Å². The fraction of sp³-hybridized carbons (Fsp3) is 0.707. The lowest BCUT2D eigenvalue weighted by atomic mass is 10.0. The van der Waals surface area contributed by atoms with Gasteiger partial charge >= 0.3 is 11.9 Å². The van der Waals surface area contributed by atoms with Gasteiger partial charge in [0.1, 0.15) is 6.61 Å². The average molecular weight is 1110 g/mol. The molecule has 1 unspecified atom stereocenters. The number of esters is 2. The number of aliphatic hydroxyl groups excluding tert-OH is 1. The van der Waals surface area contributed by atoms with Crippen LogP contribution in [0.4, 0.5) is 0 Å². The third kappa shape index (κ3) is 66.8. The Morgan fingerprint density at radius 1 is 0.300 bits per heavy atom. The van der Waals surface area contributed by atoms with Crippen molar-refractivity contribution in [2.24, 2.45) is 0 Å². The van der Waals surface area contributed by atoms with Crippen LogP contribution in [0, 0.1) is 0 Å². The quantitative estimate of drug-likeness (QED) is 0.0373. The zero-order chi connectivity index (χ0) is 57.6. The number of rotatable bonds is 62. The van der Waals surface area contributed by atoms with Gasteiger partial charge in [0, 0.05) is 12.8 Å². The Bertz CT molecular complexity index is 1590. The lowest BCUT2D eigenvalue weighted by molar-refractivity contribution is -0.161. The first-order chi connectivity index (χ1) is 39.6. The molecular weight excluding hydrogens is 981 g/mol. The van der Waals surface area contributed by atoms with Crippen molar-refractivity contribution in [3.05, 3.63) is 122 Å². The highest BCUT2D eigenvalue weighted by Gasteiger charge is 2.16. The maximum atomic E-state index is 12.4. The van der Waals surface area contributed by atoms with Crippen molar-refractivity contribution in [2.45, 2.75) is 328 Å². The van der Waals surface area contributed by atoms with Crippen LogP contribution >= 0.6 is 0 Å². The maximum Gasteiger partial charge on any atom is 0.306 e. The molecule has 458 valence electrons. The smallest absolute Gasteiger partial charge is 0.306 e. The zero-order valence-electron chi connectivity index (χ0n) is 52.6. The van der Waals surface area contributed by atoms with Gasteiger partial charge in [0.15, 0.2) is 6.10 Å². The summed E-state index contributed by atoms with van der Waals surface area (Å²) in [5.41, 5.74) is 0. The molecule has 0 saturated heterocycles. The van der Waals surface area contributed by atoms with Crippen molar-refractivity contribution in [3.63, 3.8) is 0 Å². The second-order valence-corrected chi connectivity index (χ2v) is 22.5. The van der Waals surface area contributed by atoms with Gasteiger partial charge in [-0.3, -0.25) is 9.59 Å². The van der Waals surface area contributed by atoms with Gasteiger partial charge in [0.25, 0.3) is 0 Å². The lowest BCUT2D eigenvalue weighted by Gasteiger charge is -2.15. The monoisotopic (exact) mass is 1110 g/mol. The molecule has 1 N–H and O–H groups in total. The van der Waals surface area contributed by atoms with Crippen molar-refractivity contribution in [1.82, 2.24) is 0 Å². The Labute approximate surface area is 496 Å². The molecule has 0 saturated carbocycles. The van der Waals surface area contributed by atoms with E-state index in [0.717, 1.165) is 96.3 Å². The van der Waals surface area contributed by atoms with Crippen LogP contribution in [-0.4, -0.2) is 36.4 Å². The third-order valence-electron chi connectivity index (χ3n) is 14.7. The summed E-state index contributed by atoms with van der Waals surface area (Å²) in [5.74, 6) is -0.585. The molecule has 0 rings (SSSR count). The van der Waals surface area contributed by atoms with Crippen LogP contribution in [0.15, 0.2) is 122 Å². The van der Waals surface area contributed by atoms with Crippen molar-refractivity contribution < 1.29 is 24.2 Å². The molecule has 0 aliphatic rings. The number of hydrogen-bond acceptors (Lipinski definition) is 5. The average Bonchev–Trinajstić information content (AvgIpc) is 3.46. The second-order valence-electron chi connectivity index (χ2n) is 22.5. The van der Waals surface area contributed by atoms with Crippen molar-refractivity contribution in [2.75, 3.05) is 13.2 Å². The molecule has 0 heterocycles. The van der Waals surface area contributed by atoms with E-state index in [-0.39, 0.29) is 25.2 Å². The summed E-state index contributed by atoms with van der Waals surface area (Å²) in [6.07, 6.45) is 102. The van der Waals surface area contributed by atoms with Crippen LogP contribution in [0.1, 0.15) is 322 Å². The predicted molar refractivity (Wildman–Crippen MR) is 352 cm³/mol. The molecule has 0 aromatic heterocycles. The third-order valence-corrected chi connectivity index (χ3v) is 14.7. The van der Waals surface area contributed by atoms with E-state index in [9.17, 15) is 14.7 Å². The number of allylic oxidation sites excluding steroid dienone is 20. The molecular formula is C75H128O5. The van der Waals surface area contributed by atoms with E-state index in [1.807, 2.05) is 0 Å². The van der Waals surface area contributed by atoms with Crippen LogP contribution in [0.25, 0.3) is 0 Å². The summed E-state index contributed by atoms with van der Waals surface area (Å²) in [7, 11) is 0. The Morgan fingerprint density at radius 2 is 0.537 bits per heavy atom. The molecule has 0 radical (unpaired) electrons. The van der Waals surface area contributed by atoms with Gasteiger partial charge in [0.2, 0.25) is 0 Å². The van der Waals surface area contributed by atoms with E-state index in [2.05, 4.69) is 135 Å². The highest BCUT2D eigenvalue weighted by atomic mass is 16.6. The number of carbonyl (C=O) groups excluding carboxylic acids is 2. The first-order valence-corrected chi connectivity index (χ1v) is 34.1. The van der Waals surface area contributed by atoms with E-state index in [1.165, 1.54) is 199 Å². The number of carbonyl (C=O) groups is 2. The summed E-state index contributed by atoms with van der Waals surface area (Å²) < 4.78 is 10.8. The van der Waals surface area contributed by atoms with E-state index in [4.69, 9.17) is 9.47 Å². The molecule has 0 fully saturated rings. The number of hydrogen-bond donors (Lipinski definition) is 1. The first kappa shape index (κ1) is 76.3. The van der Waals surface area contributed by atoms with Crippen LogP contribution in [0.2, 0.25) is 0 Å². The lowest BCUT2D eigenvalue weighted by Crippen LogP contribution is -2.28. The van der Waals surface area contributed by atoms with E-state index in [1.54, 1.807) is 0 Å². The largest absolute Gasteiger partial charge is 0.462 e. The van der Waals surface area contributed by atoms with Gasteiger partial charge < -0.3 is 14.6 Å². The standard InChI is InChI=1S/C75H128O5/c1-3-5-7-9-11-13-15-17-19-21-23-25-27-29-31-33-34-35-36-37-38-39-40-42-44-46-48-50-52-54-56-58-60-62-64-66-68-70-75(78)80-73(71-76)72-79-74(77)69-67-65-63-61-59-57-55-53-51-49-47-45-43-41-32-30-28-26-24-22-20-18-16-14-12-10-8-6-4-2/h5,7,11,13,16-19,22-25,28-31,34-35,37-38,73,76H,3-4,6,8-10,12,14-15,20-21,26-27,32-33,36,39-72H2,1-2H3/b7-5-,13-11-,18-16-,19-17-,24-22-,25-23-,30-28-,31-29-,35-34-,38-37-. The topological polar surface area (TPSA) is 72.8 Å². The van der Waals surface area contributed by atoms with Crippen LogP contribution < -0.4 is 0 Å². The second kappa shape index (κ2) is 69.6. The molecule has 0 spiro atoms. The molecule has 5 heteroatoms. The van der Waals surface area contributed by atoms with Crippen molar-refractivity contribution in [3.8, 4) is 0 Å². The minimum absolute atomic E-state index is 0.0687. The SMILES string of the molecule is CC/C=C\C/C=C\C/C=C\C/C=C\C/C=C\C/C=C\C/C=C\CCCCCCCCCCCCCCCCCC(=O)OC(CO)COC(=O)CCCCCCCCCCCCCCCC/C=C\C/C=C\C/C=C\CCCCCCC. The first-order valence-electron chi connectivity index (χ1n) is 34.1. The number of unbranched alkanes of at least 4 members (excludes halogenated alkanes) is 34. The van der Waals surface area contributed by atoms with E-state index >= 15 is 0 Å². The van der Waals surface area contributed by atoms with E-state index in [0.29, 0.717) is 12.8 Å². The minimum Gasteiger partial charge on any atom is -0.462 e. The Morgan fingerprint density at radius 3 is 0.812 bits per heavy atom. The Balaban J connectivity index is 3.49. The Hall–Kier alpha value is -3.70. The number of ether oxygens (including phenoxy) is 2. The fourth-order valence-corrected chi connectivity index (χ4v) is 9.66. The molecule has 0 bridgehead atoms. The molecule has 0 aromatic rings. The molecule has 0 aliphatic carbocycles. The summed E-state index contributed by atoms with van der Waals surface area (Å²) >= 11 is 0. The summed E-state index contributed by atoms with van der Waals surface area (Å²) in [6, 6.07) is 0. The fourth-order valence-electron chi connectivity index (χ4n) is 9.66. The minimum atomic E-state index is -0.780. The predicted octanol–water partition coefficient (Wildman–Crippen LogP) is 23.8. The van der Waals surface area contributed by atoms with Gasteiger partial charge in [-0.1, -0.05) is 322 Å². The highest BCUT2D eigenvalue weighted by Crippen LogP contribution is 2.17. The Kier molecular flexibility index (Phi) is 66.4. The van der Waals surface area contributed by atoms with Crippen molar-refractivity contribution in [1.29, 1.82) is 0 Å². The van der Waals surface area contributed by atoms with Gasteiger partial charge in [-0.2, -0.15) is 0 Å². The normalized spacial score (nSPS) is 13.0.